The third-order valence-corrected chi connectivity index (χ3v) is 3.63. The highest BCUT2D eigenvalue weighted by molar-refractivity contribution is 6.70. The molecule has 0 aromatic heterocycles. The van der Waals surface area contributed by atoms with Gasteiger partial charge in [0.2, 0.25) is 5.91 Å². The molecule has 0 atom stereocenters. The maximum atomic E-state index is 11.6. The molecule has 1 aliphatic heterocycles. The van der Waals surface area contributed by atoms with E-state index in [1.54, 1.807) is 0 Å². The molecule has 0 bridgehead atoms. The maximum Gasteiger partial charge on any atom is 0.246 e. The highest BCUT2D eigenvalue weighted by atomic mass is 35.5. The van der Waals surface area contributed by atoms with Gasteiger partial charge in [-0.25, -0.2) is 0 Å². The quantitative estimate of drug-likeness (QED) is 0.854. The second-order valence-electron chi connectivity index (χ2n) is 4.73. The van der Waals surface area contributed by atoms with E-state index < -0.39 is 0 Å². The Morgan fingerprint density at radius 2 is 1.90 bits per heavy atom. The fourth-order valence-corrected chi connectivity index (χ4v) is 2.54. The molecule has 100 valence electrons. The molecule has 1 aliphatic rings. The monoisotopic (exact) mass is 284 g/mol. The fraction of sp³-hybridized carbons (Fsp3) is 0.125. The number of rotatable bonds is 1. The van der Waals surface area contributed by atoms with E-state index >= 15 is 0 Å². The molecule has 0 saturated carbocycles. The highest BCUT2D eigenvalue weighted by Gasteiger charge is 2.17. The molecule has 3 nitrogen and oxygen atoms in total. The van der Waals surface area contributed by atoms with Gasteiger partial charge in [-0.3, -0.25) is 9.79 Å². The molecule has 4 heteroatoms. The summed E-state index contributed by atoms with van der Waals surface area (Å²) < 4.78 is 0. The number of hydrogen-bond acceptors (Lipinski definition) is 2. The molecular weight excluding hydrogens is 272 g/mol. The first-order valence-electron chi connectivity index (χ1n) is 6.35. The van der Waals surface area contributed by atoms with Gasteiger partial charge in [-0.2, -0.15) is 0 Å². The van der Waals surface area contributed by atoms with Crippen molar-refractivity contribution in [3.8, 4) is 11.1 Å². The average Bonchev–Trinajstić information content (AvgIpc) is 2.58. The Morgan fingerprint density at radius 1 is 1.15 bits per heavy atom. The first-order valence-corrected chi connectivity index (χ1v) is 6.73. The molecule has 0 fully saturated rings. The van der Waals surface area contributed by atoms with Crippen molar-refractivity contribution in [1.82, 2.24) is 0 Å². The summed E-state index contributed by atoms with van der Waals surface area (Å²) in [6.45, 7) is 2.08. The van der Waals surface area contributed by atoms with E-state index in [1.807, 2.05) is 37.3 Å². The zero-order chi connectivity index (χ0) is 14.1. The smallest absolute Gasteiger partial charge is 0.246 e. The van der Waals surface area contributed by atoms with Crippen molar-refractivity contribution in [2.24, 2.45) is 4.99 Å². The van der Waals surface area contributed by atoms with Gasteiger partial charge in [0.05, 0.1) is 5.69 Å². The van der Waals surface area contributed by atoms with Crippen molar-refractivity contribution in [2.75, 3.05) is 11.9 Å². The Morgan fingerprint density at radius 3 is 2.65 bits per heavy atom. The van der Waals surface area contributed by atoms with Crippen LogP contribution in [0.5, 0.6) is 0 Å². The average molecular weight is 285 g/mol. The van der Waals surface area contributed by atoms with Crippen LogP contribution in [0.15, 0.2) is 47.5 Å². The predicted octanol–water partition coefficient (Wildman–Crippen LogP) is 3.60. The van der Waals surface area contributed by atoms with Crippen molar-refractivity contribution in [1.29, 1.82) is 0 Å². The molecule has 2 aromatic carbocycles. The number of hydrogen-bond donors (Lipinski definition) is 1. The maximum absolute atomic E-state index is 11.6. The zero-order valence-corrected chi connectivity index (χ0v) is 11.7. The third-order valence-electron chi connectivity index (χ3n) is 3.31. The first-order chi connectivity index (χ1) is 9.65. The molecule has 2 aromatic rings. The number of halogens is 1. The summed E-state index contributed by atoms with van der Waals surface area (Å²) in [5.41, 5.74) is 4.78. The number of amides is 1. The molecule has 0 spiro atoms. The molecule has 1 N–H and O–H groups in total. The predicted molar refractivity (Wildman–Crippen MR) is 82.5 cm³/mol. The van der Waals surface area contributed by atoms with Crippen LogP contribution in [0.1, 0.15) is 11.1 Å². The molecule has 1 heterocycles. The van der Waals surface area contributed by atoms with E-state index in [0.717, 1.165) is 27.9 Å². The lowest BCUT2D eigenvalue weighted by molar-refractivity contribution is -0.114. The number of benzodiazepines with no additional fused rings is 1. The largest absolute Gasteiger partial charge is 0.324 e. The minimum Gasteiger partial charge on any atom is -0.324 e. The van der Waals surface area contributed by atoms with Crippen LogP contribution in [0.25, 0.3) is 11.1 Å². The first kappa shape index (κ1) is 12.9. The molecule has 0 radical (unpaired) electrons. The number of aliphatic imine (C=N–C) groups is 1. The number of nitrogens with zero attached hydrogens (tertiary/aromatic N) is 1. The number of aryl methyl sites for hydroxylation is 1. The van der Waals surface area contributed by atoms with E-state index in [0.29, 0.717) is 5.17 Å². The van der Waals surface area contributed by atoms with Crippen LogP contribution in [0.2, 0.25) is 0 Å². The fourth-order valence-electron chi connectivity index (χ4n) is 2.33. The van der Waals surface area contributed by atoms with Gasteiger partial charge in [0.25, 0.3) is 0 Å². The van der Waals surface area contributed by atoms with E-state index in [-0.39, 0.29) is 12.5 Å². The SMILES string of the molecule is Cc1cc2c(cc1-c1ccccc1)C(Cl)=NCC(=O)N2. The van der Waals surface area contributed by atoms with Crippen LogP contribution >= 0.6 is 11.6 Å². The minimum absolute atomic E-state index is 0.0627. The lowest BCUT2D eigenvalue weighted by atomic mass is 9.97. The normalized spacial score (nSPS) is 14.1. The topological polar surface area (TPSA) is 41.5 Å². The van der Waals surface area contributed by atoms with E-state index in [4.69, 9.17) is 11.6 Å². The summed E-state index contributed by atoms with van der Waals surface area (Å²) in [5, 5.41) is 3.21. The molecule has 20 heavy (non-hydrogen) atoms. The molecule has 0 saturated heterocycles. The number of anilines is 1. The van der Waals surface area contributed by atoms with Crippen molar-refractivity contribution in [3.63, 3.8) is 0 Å². The van der Waals surface area contributed by atoms with Gasteiger partial charge in [0, 0.05) is 5.56 Å². The summed E-state index contributed by atoms with van der Waals surface area (Å²) in [7, 11) is 0. The molecular formula is C16H13ClN2O. The van der Waals surface area contributed by atoms with Crippen LogP contribution in [-0.4, -0.2) is 17.6 Å². The molecule has 0 unspecified atom stereocenters. The number of nitrogens with one attached hydrogen (secondary N) is 1. The Kier molecular flexibility index (Phi) is 3.28. The van der Waals surface area contributed by atoms with E-state index in [9.17, 15) is 4.79 Å². The van der Waals surface area contributed by atoms with Crippen LogP contribution < -0.4 is 5.32 Å². The second kappa shape index (κ2) is 5.10. The Bertz CT molecular complexity index is 708. The van der Waals surface area contributed by atoms with Gasteiger partial charge in [-0.05, 0) is 35.7 Å². The van der Waals surface area contributed by atoms with Gasteiger partial charge in [0.15, 0.2) is 0 Å². The number of carbonyl (C=O) groups excluding carboxylic acids is 1. The van der Waals surface area contributed by atoms with Crippen molar-refractivity contribution < 1.29 is 4.79 Å². The van der Waals surface area contributed by atoms with Crippen LogP contribution in [-0.2, 0) is 4.79 Å². The summed E-state index contributed by atoms with van der Waals surface area (Å²) in [5.74, 6) is -0.145. The summed E-state index contributed by atoms with van der Waals surface area (Å²) >= 11 is 6.19. The summed E-state index contributed by atoms with van der Waals surface area (Å²) in [6.07, 6.45) is 0. The Balaban J connectivity index is 2.19. The second-order valence-corrected chi connectivity index (χ2v) is 5.09. The zero-order valence-electron chi connectivity index (χ0n) is 11.0. The van der Waals surface area contributed by atoms with Crippen LogP contribution in [0, 0.1) is 6.92 Å². The standard InChI is InChI=1S/C16H13ClN2O/c1-10-7-14-13(16(17)18-9-15(20)19-14)8-12(10)11-5-3-2-4-6-11/h2-8H,9H2,1H3,(H,19,20). The van der Waals surface area contributed by atoms with E-state index in [1.165, 1.54) is 0 Å². The van der Waals surface area contributed by atoms with Gasteiger partial charge in [-0.15, -0.1) is 0 Å². The van der Waals surface area contributed by atoms with Gasteiger partial charge in [0.1, 0.15) is 11.7 Å². The number of fused-ring (bicyclic) bond motifs is 1. The summed E-state index contributed by atoms with van der Waals surface area (Å²) in [4.78, 5) is 15.7. The summed E-state index contributed by atoms with van der Waals surface area (Å²) in [6, 6.07) is 14.0. The molecule has 1 amide bonds. The van der Waals surface area contributed by atoms with Crippen molar-refractivity contribution in [3.05, 3.63) is 53.6 Å². The van der Waals surface area contributed by atoms with Gasteiger partial charge < -0.3 is 5.32 Å². The van der Waals surface area contributed by atoms with Gasteiger partial charge in [-0.1, -0.05) is 41.9 Å². The van der Waals surface area contributed by atoms with Gasteiger partial charge >= 0.3 is 0 Å². The Hall–Kier alpha value is -2.13. The van der Waals surface area contributed by atoms with Crippen LogP contribution in [0.3, 0.4) is 0 Å². The van der Waals surface area contributed by atoms with Crippen molar-refractivity contribution >= 4 is 28.4 Å². The number of benzene rings is 2. The molecule has 3 rings (SSSR count). The lowest BCUT2D eigenvalue weighted by Gasteiger charge is -2.12. The third kappa shape index (κ3) is 2.32. The number of carbonyl (C=O) groups is 1. The van der Waals surface area contributed by atoms with Crippen molar-refractivity contribution in [2.45, 2.75) is 6.92 Å². The van der Waals surface area contributed by atoms with Crippen LogP contribution in [0.4, 0.5) is 5.69 Å². The Labute approximate surface area is 122 Å². The van der Waals surface area contributed by atoms with E-state index in [2.05, 4.69) is 22.4 Å². The highest BCUT2D eigenvalue weighted by Crippen LogP contribution is 2.31. The lowest BCUT2D eigenvalue weighted by Crippen LogP contribution is -2.13. The molecule has 0 aliphatic carbocycles. The minimum atomic E-state index is -0.145.